The van der Waals surface area contributed by atoms with Crippen molar-refractivity contribution in [2.75, 3.05) is 0 Å². The molecule has 0 radical (unpaired) electrons. The number of nitrogens with zero attached hydrogens (tertiary/aromatic N) is 2. The van der Waals surface area contributed by atoms with Crippen LogP contribution in [0.15, 0.2) is 54.9 Å². The number of rotatable bonds is 1. The maximum absolute atomic E-state index is 4.69. The Bertz CT molecular complexity index is 859. The van der Waals surface area contributed by atoms with E-state index in [-0.39, 0.29) is 0 Å². The van der Waals surface area contributed by atoms with Gasteiger partial charge in [-0.25, -0.2) is 4.98 Å². The first-order valence-electron chi connectivity index (χ1n) is 8.44. The fourth-order valence-corrected chi connectivity index (χ4v) is 3.43. The van der Waals surface area contributed by atoms with E-state index in [0.717, 1.165) is 16.8 Å². The maximum Gasteiger partial charge on any atom is 0.140 e. The van der Waals surface area contributed by atoms with Gasteiger partial charge in [0.25, 0.3) is 0 Å². The molecule has 1 aliphatic carbocycles. The van der Waals surface area contributed by atoms with Crippen LogP contribution in [0.2, 0.25) is 0 Å². The number of fused-ring (bicyclic) bond motifs is 1. The highest BCUT2D eigenvalue weighted by atomic mass is 15.1. The Labute approximate surface area is 137 Å². The lowest BCUT2D eigenvalue weighted by Gasteiger charge is -2.23. The van der Waals surface area contributed by atoms with E-state index in [2.05, 4.69) is 39.7 Å². The number of hydrogen-bond acceptors (Lipinski definition) is 1. The molecule has 0 atom stereocenters. The Kier molecular flexibility index (Phi) is 3.86. The smallest absolute Gasteiger partial charge is 0.140 e. The molecule has 1 fully saturated rings. The van der Waals surface area contributed by atoms with Gasteiger partial charge in [0.1, 0.15) is 5.65 Å². The van der Waals surface area contributed by atoms with Crippen LogP contribution in [0.5, 0.6) is 0 Å². The normalized spacial score (nSPS) is 15.3. The predicted octanol–water partition coefficient (Wildman–Crippen LogP) is 4.94. The molecule has 0 spiro atoms. The third kappa shape index (κ3) is 3.00. The summed E-state index contributed by atoms with van der Waals surface area (Å²) in [6.45, 7) is 0. The lowest BCUT2D eigenvalue weighted by Crippen LogP contribution is -2.12. The molecule has 0 amide bonds. The van der Waals surface area contributed by atoms with Gasteiger partial charge in [-0.3, -0.25) is 0 Å². The monoisotopic (exact) mass is 300 g/mol. The van der Waals surface area contributed by atoms with Crippen molar-refractivity contribution in [3.63, 3.8) is 0 Å². The lowest BCUT2D eigenvalue weighted by atomic mass is 9.95. The highest BCUT2D eigenvalue weighted by molar-refractivity contribution is 5.77. The summed E-state index contributed by atoms with van der Waals surface area (Å²) in [6, 6.07) is 15.0. The van der Waals surface area contributed by atoms with Gasteiger partial charge >= 0.3 is 0 Å². The van der Waals surface area contributed by atoms with E-state index < -0.39 is 0 Å². The first-order chi connectivity index (χ1) is 11.4. The van der Waals surface area contributed by atoms with Crippen LogP contribution in [0, 0.1) is 11.8 Å². The van der Waals surface area contributed by atoms with Gasteiger partial charge in [0.05, 0.1) is 0 Å². The average molecular weight is 300 g/mol. The van der Waals surface area contributed by atoms with Gasteiger partial charge in [0.2, 0.25) is 0 Å². The number of hydrogen-bond donors (Lipinski definition) is 0. The Morgan fingerprint density at radius 1 is 0.913 bits per heavy atom. The summed E-state index contributed by atoms with van der Waals surface area (Å²) in [4.78, 5) is 4.69. The standard InChI is InChI=1S/C21H20N2/c1-3-7-17(8-4-1)11-12-18-15-19-13-14-23(21(19)22-16-18)20-9-5-2-6-10-20/h1,3-4,7-8,13-16,20H,2,5-6,9-10H2. The molecule has 114 valence electrons. The Morgan fingerprint density at radius 2 is 1.70 bits per heavy atom. The van der Waals surface area contributed by atoms with Gasteiger partial charge in [0.15, 0.2) is 0 Å². The Hall–Kier alpha value is -2.53. The zero-order valence-electron chi connectivity index (χ0n) is 13.2. The molecule has 2 nitrogen and oxygen atoms in total. The molecular formula is C21H20N2. The molecule has 3 aromatic rings. The number of benzene rings is 1. The van der Waals surface area contributed by atoms with E-state index in [1.807, 2.05) is 36.5 Å². The van der Waals surface area contributed by atoms with Crippen molar-refractivity contribution in [3.8, 4) is 11.8 Å². The second kappa shape index (κ2) is 6.30. The van der Waals surface area contributed by atoms with Gasteiger partial charge in [0, 0.05) is 34.9 Å². The van der Waals surface area contributed by atoms with E-state index >= 15 is 0 Å². The highest BCUT2D eigenvalue weighted by Gasteiger charge is 2.17. The molecule has 1 aliphatic rings. The molecule has 1 aromatic carbocycles. The first kappa shape index (κ1) is 14.1. The first-order valence-corrected chi connectivity index (χ1v) is 8.44. The molecule has 2 aromatic heterocycles. The van der Waals surface area contributed by atoms with Crippen molar-refractivity contribution < 1.29 is 0 Å². The zero-order chi connectivity index (χ0) is 15.5. The average Bonchev–Trinajstić information content (AvgIpc) is 3.05. The molecule has 2 heteroatoms. The minimum Gasteiger partial charge on any atom is -0.329 e. The molecule has 23 heavy (non-hydrogen) atoms. The summed E-state index contributed by atoms with van der Waals surface area (Å²) in [6.07, 6.45) is 10.7. The van der Waals surface area contributed by atoms with Gasteiger partial charge in [-0.05, 0) is 37.1 Å². The molecule has 2 heterocycles. The lowest BCUT2D eigenvalue weighted by molar-refractivity contribution is 0.359. The molecule has 1 saturated carbocycles. The van der Waals surface area contributed by atoms with Crippen LogP contribution < -0.4 is 0 Å². The van der Waals surface area contributed by atoms with E-state index in [1.54, 1.807) is 0 Å². The topological polar surface area (TPSA) is 17.8 Å². The summed E-state index contributed by atoms with van der Waals surface area (Å²) in [5.74, 6) is 6.42. The van der Waals surface area contributed by atoms with Crippen molar-refractivity contribution in [1.29, 1.82) is 0 Å². The highest BCUT2D eigenvalue weighted by Crippen LogP contribution is 2.30. The van der Waals surface area contributed by atoms with Gasteiger partial charge in [-0.2, -0.15) is 0 Å². The van der Waals surface area contributed by atoms with Crippen molar-refractivity contribution >= 4 is 11.0 Å². The summed E-state index contributed by atoms with van der Waals surface area (Å²) in [7, 11) is 0. The minimum atomic E-state index is 0.620. The Morgan fingerprint density at radius 3 is 2.52 bits per heavy atom. The largest absolute Gasteiger partial charge is 0.329 e. The summed E-state index contributed by atoms with van der Waals surface area (Å²) < 4.78 is 2.36. The van der Waals surface area contributed by atoms with Crippen LogP contribution in [0.4, 0.5) is 0 Å². The third-order valence-corrected chi connectivity index (χ3v) is 4.65. The molecule has 0 bridgehead atoms. The van der Waals surface area contributed by atoms with Crippen LogP contribution in [0.1, 0.15) is 49.3 Å². The van der Waals surface area contributed by atoms with E-state index in [0.29, 0.717) is 6.04 Å². The second-order valence-electron chi connectivity index (χ2n) is 6.27. The van der Waals surface area contributed by atoms with Crippen LogP contribution in [-0.4, -0.2) is 9.55 Å². The predicted molar refractivity (Wildman–Crippen MR) is 94.3 cm³/mol. The van der Waals surface area contributed by atoms with Crippen LogP contribution in [0.25, 0.3) is 11.0 Å². The molecule has 0 aliphatic heterocycles. The van der Waals surface area contributed by atoms with Crippen molar-refractivity contribution in [3.05, 3.63) is 66.0 Å². The zero-order valence-corrected chi connectivity index (χ0v) is 13.2. The SMILES string of the molecule is C(#Cc1cnc2c(ccn2C2CCCCC2)c1)c1ccccc1. The van der Waals surface area contributed by atoms with Gasteiger partial charge in [-0.1, -0.05) is 49.3 Å². The molecular weight excluding hydrogens is 280 g/mol. The quantitative estimate of drug-likeness (QED) is 0.582. The maximum atomic E-state index is 4.69. The molecule has 0 N–H and O–H groups in total. The second-order valence-corrected chi connectivity index (χ2v) is 6.27. The summed E-state index contributed by atoms with van der Waals surface area (Å²) in [5.41, 5.74) is 3.11. The Balaban J connectivity index is 1.63. The van der Waals surface area contributed by atoms with E-state index in [9.17, 15) is 0 Å². The molecule has 4 rings (SSSR count). The van der Waals surface area contributed by atoms with Crippen LogP contribution in [-0.2, 0) is 0 Å². The van der Waals surface area contributed by atoms with E-state index in [1.165, 1.54) is 37.5 Å². The van der Waals surface area contributed by atoms with Gasteiger partial charge < -0.3 is 4.57 Å². The van der Waals surface area contributed by atoms with Crippen molar-refractivity contribution in [2.24, 2.45) is 0 Å². The number of pyridine rings is 1. The number of aromatic nitrogens is 2. The fourth-order valence-electron chi connectivity index (χ4n) is 3.43. The van der Waals surface area contributed by atoms with Crippen molar-refractivity contribution in [1.82, 2.24) is 9.55 Å². The minimum absolute atomic E-state index is 0.620. The molecule has 0 unspecified atom stereocenters. The summed E-state index contributed by atoms with van der Waals surface area (Å²) >= 11 is 0. The van der Waals surface area contributed by atoms with Crippen LogP contribution in [0.3, 0.4) is 0 Å². The fraction of sp³-hybridized carbons (Fsp3) is 0.286. The summed E-state index contributed by atoms with van der Waals surface area (Å²) in [5, 5.41) is 1.19. The van der Waals surface area contributed by atoms with Crippen molar-refractivity contribution in [2.45, 2.75) is 38.1 Å². The molecule has 0 saturated heterocycles. The van der Waals surface area contributed by atoms with Gasteiger partial charge in [-0.15, -0.1) is 0 Å². The van der Waals surface area contributed by atoms with E-state index in [4.69, 9.17) is 0 Å². The third-order valence-electron chi connectivity index (χ3n) is 4.65. The van der Waals surface area contributed by atoms with Crippen LogP contribution >= 0.6 is 0 Å².